The first-order valence-corrected chi connectivity index (χ1v) is 11.5. The lowest BCUT2D eigenvalue weighted by atomic mass is 9.93. The third kappa shape index (κ3) is 6.88. The average molecular weight is 505 g/mol. The molecule has 1 aliphatic carbocycles. The molecule has 0 spiro atoms. The van der Waals surface area contributed by atoms with Crippen molar-refractivity contribution in [1.29, 1.82) is 0 Å². The van der Waals surface area contributed by atoms with Gasteiger partial charge in [-0.3, -0.25) is 9.59 Å². The van der Waals surface area contributed by atoms with E-state index in [0.29, 0.717) is 23.8 Å². The lowest BCUT2D eigenvalue weighted by Crippen LogP contribution is -2.43. The number of methoxy groups -OCH3 is 1. The van der Waals surface area contributed by atoms with Crippen LogP contribution in [0.5, 0.6) is 17.2 Å². The predicted molar refractivity (Wildman–Crippen MR) is 125 cm³/mol. The number of carbonyl (C=O) groups excluding carboxylic acids is 2. The van der Waals surface area contributed by atoms with Gasteiger partial charge < -0.3 is 24.8 Å². The normalized spacial score (nSPS) is 13.9. The van der Waals surface area contributed by atoms with Crippen LogP contribution in [0.3, 0.4) is 0 Å². The summed E-state index contributed by atoms with van der Waals surface area (Å²) in [4.78, 5) is 26.1. The first-order valence-electron chi connectivity index (χ1n) is 10.7. The molecule has 1 fully saturated rings. The van der Waals surface area contributed by atoms with Crippen LogP contribution in [0.15, 0.2) is 46.9 Å². The Labute approximate surface area is 196 Å². The fraction of sp³-hybridized carbons (Fsp3) is 0.417. The standard InChI is InChI=1S/C24H29BrN2O5/c1-30-22-13-17(7-12-21(22)32-15-23(26)28)14-27(19-5-3-2-4-6-19)24(29)16-31-20-10-8-18(25)9-11-20/h7-13,19H,2-6,14-16H2,1H3,(H2,26,28). The van der Waals surface area contributed by atoms with E-state index in [1.165, 1.54) is 13.5 Å². The molecule has 3 rings (SSSR count). The largest absolute Gasteiger partial charge is 0.493 e. The van der Waals surface area contributed by atoms with Crippen LogP contribution >= 0.6 is 15.9 Å². The lowest BCUT2D eigenvalue weighted by Gasteiger charge is -2.34. The third-order valence-electron chi connectivity index (χ3n) is 5.46. The maximum absolute atomic E-state index is 13.2. The summed E-state index contributed by atoms with van der Waals surface area (Å²) in [6, 6.07) is 13.0. The monoisotopic (exact) mass is 504 g/mol. The van der Waals surface area contributed by atoms with Gasteiger partial charge in [0.25, 0.3) is 11.8 Å². The van der Waals surface area contributed by atoms with Crippen molar-refractivity contribution in [2.24, 2.45) is 5.73 Å². The van der Waals surface area contributed by atoms with Gasteiger partial charge in [0.15, 0.2) is 24.7 Å². The SMILES string of the molecule is COc1cc(CN(C(=O)COc2ccc(Br)cc2)C2CCCCC2)ccc1OCC(N)=O. The van der Waals surface area contributed by atoms with Crippen LogP contribution in [0.1, 0.15) is 37.7 Å². The van der Waals surface area contributed by atoms with E-state index >= 15 is 0 Å². The van der Waals surface area contributed by atoms with Crippen LogP contribution in [-0.2, 0) is 16.1 Å². The van der Waals surface area contributed by atoms with Gasteiger partial charge in [-0.1, -0.05) is 41.3 Å². The number of nitrogens with zero attached hydrogens (tertiary/aromatic N) is 1. The van der Waals surface area contributed by atoms with E-state index in [1.807, 2.05) is 41.3 Å². The number of amides is 2. The van der Waals surface area contributed by atoms with Gasteiger partial charge in [0.05, 0.1) is 7.11 Å². The zero-order chi connectivity index (χ0) is 22.9. The van der Waals surface area contributed by atoms with Gasteiger partial charge in [0.1, 0.15) is 5.75 Å². The molecule has 172 valence electrons. The summed E-state index contributed by atoms with van der Waals surface area (Å²) < 4.78 is 17.5. The molecule has 0 unspecified atom stereocenters. The number of carbonyl (C=O) groups is 2. The van der Waals surface area contributed by atoms with Crippen molar-refractivity contribution >= 4 is 27.7 Å². The Morgan fingerprint density at radius 2 is 1.72 bits per heavy atom. The highest BCUT2D eigenvalue weighted by molar-refractivity contribution is 9.10. The summed E-state index contributed by atoms with van der Waals surface area (Å²) in [6.45, 7) is 0.199. The Bertz CT molecular complexity index is 913. The van der Waals surface area contributed by atoms with E-state index < -0.39 is 5.91 Å². The van der Waals surface area contributed by atoms with Crippen LogP contribution in [0.4, 0.5) is 0 Å². The van der Waals surface area contributed by atoms with Gasteiger partial charge in [-0.15, -0.1) is 0 Å². The van der Waals surface area contributed by atoms with Crippen LogP contribution in [0, 0.1) is 0 Å². The minimum Gasteiger partial charge on any atom is -0.493 e. The molecule has 0 aliphatic heterocycles. The molecule has 2 aromatic carbocycles. The summed E-state index contributed by atoms with van der Waals surface area (Å²) in [5.74, 6) is 0.974. The molecule has 0 saturated heterocycles. The number of primary amides is 1. The van der Waals surface area contributed by atoms with Crippen LogP contribution in [0.2, 0.25) is 0 Å². The zero-order valence-corrected chi connectivity index (χ0v) is 19.8. The predicted octanol–water partition coefficient (Wildman–Crippen LogP) is 4.06. The second-order valence-electron chi connectivity index (χ2n) is 7.80. The Kier molecular flexibility index (Phi) is 8.79. The van der Waals surface area contributed by atoms with Crippen molar-refractivity contribution in [2.45, 2.75) is 44.7 Å². The molecule has 0 radical (unpaired) electrons. The van der Waals surface area contributed by atoms with Crippen LogP contribution < -0.4 is 19.9 Å². The first-order chi connectivity index (χ1) is 15.5. The second-order valence-corrected chi connectivity index (χ2v) is 8.71. The minimum atomic E-state index is -0.559. The van der Waals surface area contributed by atoms with Crippen molar-refractivity contribution in [1.82, 2.24) is 4.90 Å². The van der Waals surface area contributed by atoms with Crippen LogP contribution in [-0.4, -0.2) is 43.1 Å². The molecule has 0 heterocycles. The third-order valence-corrected chi connectivity index (χ3v) is 5.99. The van der Waals surface area contributed by atoms with Crippen molar-refractivity contribution in [2.75, 3.05) is 20.3 Å². The van der Waals surface area contributed by atoms with Crippen molar-refractivity contribution < 1.29 is 23.8 Å². The molecule has 0 aromatic heterocycles. The summed E-state index contributed by atoms with van der Waals surface area (Å²) >= 11 is 3.40. The Hall–Kier alpha value is -2.74. The van der Waals surface area contributed by atoms with Crippen molar-refractivity contribution in [3.8, 4) is 17.2 Å². The Balaban J connectivity index is 1.72. The first kappa shape index (κ1) is 23.9. The molecule has 0 atom stereocenters. The van der Waals surface area contributed by atoms with Gasteiger partial charge in [-0.2, -0.15) is 0 Å². The Morgan fingerprint density at radius 3 is 2.38 bits per heavy atom. The maximum Gasteiger partial charge on any atom is 0.261 e. The number of benzene rings is 2. The maximum atomic E-state index is 13.2. The van der Waals surface area contributed by atoms with E-state index in [1.54, 1.807) is 6.07 Å². The molecule has 2 aromatic rings. The van der Waals surface area contributed by atoms with Crippen LogP contribution in [0.25, 0.3) is 0 Å². The smallest absolute Gasteiger partial charge is 0.261 e. The molecular formula is C24H29BrN2O5. The van der Waals surface area contributed by atoms with Gasteiger partial charge in [-0.25, -0.2) is 0 Å². The molecule has 1 saturated carbocycles. The second kappa shape index (κ2) is 11.8. The van der Waals surface area contributed by atoms with Gasteiger partial charge >= 0.3 is 0 Å². The van der Waals surface area contributed by atoms with E-state index in [4.69, 9.17) is 19.9 Å². The fourth-order valence-electron chi connectivity index (χ4n) is 3.85. The average Bonchev–Trinajstić information content (AvgIpc) is 2.81. The molecule has 2 N–H and O–H groups in total. The molecule has 32 heavy (non-hydrogen) atoms. The molecule has 8 heteroatoms. The van der Waals surface area contributed by atoms with E-state index in [2.05, 4.69) is 15.9 Å². The number of ether oxygens (including phenoxy) is 3. The number of hydrogen-bond acceptors (Lipinski definition) is 5. The minimum absolute atomic E-state index is 0.0188. The molecule has 0 bridgehead atoms. The molecule has 7 nitrogen and oxygen atoms in total. The molecule has 2 amide bonds. The summed E-state index contributed by atoms with van der Waals surface area (Å²) in [5, 5.41) is 0. The Morgan fingerprint density at radius 1 is 1.00 bits per heavy atom. The topological polar surface area (TPSA) is 91.1 Å². The molecular weight excluding hydrogens is 476 g/mol. The number of nitrogens with two attached hydrogens (primary N) is 1. The molecule has 1 aliphatic rings. The van der Waals surface area contributed by atoms with Gasteiger partial charge in [0.2, 0.25) is 0 Å². The fourth-order valence-corrected chi connectivity index (χ4v) is 4.11. The van der Waals surface area contributed by atoms with Crippen molar-refractivity contribution in [3.05, 3.63) is 52.5 Å². The highest BCUT2D eigenvalue weighted by Gasteiger charge is 2.26. The highest BCUT2D eigenvalue weighted by atomic mass is 79.9. The summed E-state index contributed by atoms with van der Waals surface area (Å²) in [7, 11) is 1.53. The van der Waals surface area contributed by atoms with Gasteiger partial charge in [0, 0.05) is 17.1 Å². The number of hydrogen-bond donors (Lipinski definition) is 1. The number of rotatable bonds is 10. The summed E-state index contributed by atoms with van der Waals surface area (Å²) in [5.41, 5.74) is 6.07. The van der Waals surface area contributed by atoms with E-state index in [0.717, 1.165) is 35.7 Å². The lowest BCUT2D eigenvalue weighted by molar-refractivity contribution is -0.137. The van der Waals surface area contributed by atoms with E-state index in [9.17, 15) is 9.59 Å². The van der Waals surface area contributed by atoms with E-state index in [-0.39, 0.29) is 25.2 Å². The van der Waals surface area contributed by atoms with Gasteiger partial charge in [-0.05, 0) is 54.8 Å². The number of halogens is 1. The summed E-state index contributed by atoms with van der Waals surface area (Å²) in [6.07, 6.45) is 5.41. The quantitative estimate of drug-likeness (QED) is 0.526. The zero-order valence-electron chi connectivity index (χ0n) is 18.2. The highest BCUT2D eigenvalue weighted by Crippen LogP contribution is 2.30. The van der Waals surface area contributed by atoms with Crippen molar-refractivity contribution in [3.63, 3.8) is 0 Å².